The standard InChI is InChI=1S/C12H10ClN3O4S/c13-21(18,19)9-6-10(17)16(7-9)12-15-14-11(20-12)8-4-2-1-3-5-8/h1-5,9H,6-7H2. The average molecular weight is 328 g/mol. The Morgan fingerprint density at radius 3 is 2.57 bits per heavy atom. The minimum atomic E-state index is -3.80. The number of hydrogen-bond donors (Lipinski definition) is 0. The van der Waals surface area contributed by atoms with Crippen molar-refractivity contribution in [2.45, 2.75) is 11.7 Å². The zero-order chi connectivity index (χ0) is 15.0. The summed E-state index contributed by atoms with van der Waals surface area (Å²) >= 11 is 0. The van der Waals surface area contributed by atoms with E-state index in [1.807, 2.05) is 18.2 Å². The van der Waals surface area contributed by atoms with Crippen LogP contribution in [-0.4, -0.2) is 36.3 Å². The molecular formula is C12H10ClN3O4S. The molecule has 1 aromatic carbocycles. The number of benzene rings is 1. The van der Waals surface area contributed by atoms with Gasteiger partial charge >= 0.3 is 6.01 Å². The normalized spacial score (nSPS) is 19.2. The van der Waals surface area contributed by atoms with Crippen molar-refractivity contribution in [3.05, 3.63) is 30.3 Å². The Kier molecular flexibility index (Phi) is 3.42. The second kappa shape index (κ2) is 5.12. The SMILES string of the molecule is O=C1CC(S(=O)(=O)Cl)CN1c1nnc(-c2ccccc2)o1. The molecule has 0 aliphatic carbocycles. The first kappa shape index (κ1) is 14.0. The van der Waals surface area contributed by atoms with Crippen LogP contribution in [0.1, 0.15) is 6.42 Å². The van der Waals surface area contributed by atoms with E-state index < -0.39 is 20.2 Å². The maximum Gasteiger partial charge on any atom is 0.325 e. The van der Waals surface area contributed by atoms with Gasteiger partial charge in [0.1, 0.15) is 5.25 Å². The van der Waals surface area contributed by atoms with Gasteiger partial charge in [-0.1, -0.05) is 23.3 Å². The minimum absolute atomic E-state index is 0.0262. The van der Waals surface area contributed by atoms with E-state index >= 15 is 0 Å². The number of aromatic nitrogens is 2. The van der Waals surface area contributed by atoms with Crippen LogP contribution in [0.3, 0.4) is 0 Å². The Labute approximate surface area is 124 Å². The van der Waals surface area contributed by atoms with Gasteiger partial charge in [-0.15, -0.1) is 5.10 Å². The predicted octanol–water partition coefficient (Wildman–Crippen LogP) is 1.41. The van der Waals surface area contributed by atoms with E-state index in [-0.39, 0.29) is 24.9 Å². The molecule has 1 saturated heterocycles. The van der Waals surface area contributed by atoms with E-state index in [2.05, 4.69) is 10.2 Å². The van der Waals surface area contributed by atoms with Gasteiger partial charge in [0, 0.05) is 29.2 Å². The lowest BCUT2D eigenvalue weighted by Gasteiger charge is -2.09. The van der Waals surface area contributed by atoms with Crippen molar-refractivity contribution in [2.75, 3.05) is 11.4 Å². The molecule has 1 aliphatic rings. The second-order valence-electron chi connectivity index (χ2n) is 4.56. The quantitative estimate of drug-likeness (QED) is 0.791. The third-order valence-corrected chi connectivity index (χ3v) is 5.02. The summed E-state index contributed by atoms with van der Waals surface area (Å²) in [5.74, 6) is -0.150. The van der Waals surface area contributed by atoms with Crippen molar-refractivity contribution >= 4 is 31.7 Å². The number of rotatable bonds is 3. The molecular weight excluding hydrogens is 318 g/mol. The van der Waals surface area contributed by atoms with Crippen LogP contribution in [0.25, 0.3) is 11.5 Å². The summed E-state index contributed by atoms with van der Waals surface area (Å²) in [7, 11) is 1.48. The molecule has 0 saturated carbocycles. The summed E-state index contributed by atoms with van der Waals surface area (Å²) in [5, 5.41) is 6.69. The zero-order valence-electron chi connectivity index (χ0n) is 10.6. The highest BCUT2D eigenvalue weighted by atomic mass is 35.7. The lowest BCUT2D eigenvalue weighted by atomic mass is 10.2. The Hall–Kier alpha value is -1.93. The van der Waals surface area contributed by atoms with Crippen LogP contribution in [0.2, 0.25) is 0 Å². The van der Waals surface area contributed by atoms with Crippen LogP contribution in [0.15, 0.2) is 34.7 Å². The van der Waals surface area contributed by atoms with Gasteiger partial charge in [-0.25, -0.2) is 8.42 Å². The Bertz CT molecular complexity index is 775. The van der Waals surface area contributed by atoms with Crippen LogP contribution in [0.5, 0.6) is 0 Å². The number of anilines is 1. The van der Waals surface area contributed by atoms with Crippen molar-refractivity contribution in [1.29, 1.82) is 0 Å². The average Bonchev–Trinajstić information content (AvgIpc) is 3.05. The van der Waals surface area contributed by atoms with Gasteiger partial charge in [-0.2, -0.15) is 0 Å². The molecule has 7 nitrogen and oxygen atoms in total. The molecule has 1 amide bonds. The fourth-order valence-corrected chi connectivity index (χ4v) is 3.10. The third kappa shape index (κ3) is 2.77. The number of halogens is 1. The molecule has 1 unspecified atom stereocenters. The Morgan fingerprint density at radius 1 is 1.24 bits per heavy atom. The molecule has 9 heteroatoms. The zero-order valence-corrected chi connectivity index (χ0v) is 12.2. The number of carbonyl (C=O) groups is 1. The Morgan fingerprint density at radius 2 is 1.95 bits per heavy atom. The van der Waals surface area contributed by atoms with Crippen molar-refractivity contribution < 1.29 is 17.6 Å². The van der Waals surface area contributed by atoms with Crippen molar-refractivity contribution in [3.63, 3.8) is 0 Å². The van der Waals surface area contributed by atoms with Crippen LogP contribution in [0, 0.1) is 0 Å². The van der Waals surface area contributed by atoms with E-state index in [4.69, 9.17) is 15.1 Å². The van der Waals surface area contributed by atoms with Gasteiger partial charge < -0.3 is 4.42 Å². The monoisotopic (exact) mass is 327 g/mol. The van der Waals surface area contributed by atoms with Crippen molar-refractivity contribution in [1.82, 2.24) is 10.2 Å². The minimum Gasteiger partial charge on any atom is -0.403 e. The molecule has 1 aliphatic heterocycles. The molecule has 21 heavy (non-hydrogen) atoms. The first-order valence-electron chi connectivity index (χ1n) is 6.08. The largest absolute Gasteiger partial charge is 0.403 e. The number of carbonyl (C=O) groups excluding carboxylic acids is 1. The molecule has 0 spiro atoms. The van der Waals surface area contributed by atoms with E-state index in [9.17, 15) is 13.2 Å². The summed E-state index contributed by atoms with van der Waals surface area (Å²) in [5.41, 5.74) is 0.712. The first-order chi connectivity index (χ1) is 9.95. The third-order valence-electron chi connectivity index (χ3n) is 3.15. The van der Waals surface area contributed by atoms with Gasteiger partial charge in [0.15, 0.2) is 0 Å². The highest BCUT2D eigenvalue weighted by Crippen LogP contribution is 2.28. The molecule has 3 rings (SSSR count). The topological polar surface area (TPSA) is 93.4 Å². The number of amides is 1. The molecule has 110 valence electrons. The van der Waals surface area contributed by atoms with Gasteiger partial charge in [-0.3, -0.25) is 9.69 Å². The molecule has 0 bridgehead atoms. The van der Waals surface area contributed by atoms with Crippen LogP contribution < -0.4 is 4.90 Å². The van der Waals surface area contributed by atoms with E-state index in [1.54, 1.807) is 12.1 Å². The summed E-state index contributed by atoms with van der Waals surface area (Å²) < 4.78 is 28.0. The summed E-state index contributed by atoms with van der Waals surface area (Å²) in [6, 6.07) is 9.03. The van der Waals surface area contributed by atoms with Crippen molar-refractivity contribution in [3.8, 4) is 11.5 Å². The van der Waals surface area contributed by atoms with Gasteiger partial charge in [0.25, 0.3) is 0 Å². The van der Waals surface area contributed by atoms with Gasteiger partial charge in [0.2, 0.25) is 20.8 Å². The second-order valence-corrected chi connectivity index (χ2v) is 7.47. The molecule has 1 aromatic heterocycles. The van der Waals surface area contributed by atoms with Gasteiger partial charge in [-0.05, 0) is 12.1 Å². The molecule has 0 N–H and O–H groups in total. The maximum absolute atomic E-state index is 11.9. The van der Waals surface area contributed by atoms with Crippen LogP contribution in [-0.2, 0) is 13.8 Å². The summed E-state index contributed by atoms with van der Waals surface area (Å²) in [4.78, 5) is 13.0. The lowest BCUT2D eigenvalue weighted by Crippen LogP contribution is -2.27. The fourth-order valence-electron chi connectivity index (χ4n) is 2.07. The summed E-state index contributed by atoms with van der Waals surface area (Å²) in [6.45, 7) is -0.0823. The molecule has 1 fully saturated rings. The molecule has 0 radical (unpaired) electrons. The number of hydrogen-bond acceptors (Lipinski definition) is 6. The van der Waals surface area contributed by atoms with Gasteiger partial charge in [0.05, 0.1) is 0 Å². The lowest BCUT2D eigenvalue weighted by molar-refractivity contribution is -0.117. The first-order valence-corrected chi connectivity index (χ1v) is 8.45. The fraction of sp³-hybridized carbons (Fsp3) is 0.250. The number of nitrogens with zero attached hydrogens (tertiary/aromatic N) is 3. The maximum atomic E-state index is 11.9. The van der Waals surface area contributed by atoms with Crippen LogP contribution >= 0.6 is 10.7 Å². The van der Waals surface area contributed by atoms with E-state index in [0.717, 1.165) is 4.90 Å². The van der Waals surface area contributed by atoms with Crippen LogP contribution in [0.4, 0.5) is 6.01 Å². The highest BCUT2D eigenvalue weighted by molar-refractivity contribution is 8.14. The van der Waals surface area contributed by atoms with E-state index in [1.165, 1.54) is 0 Å². The highest BCUT2D eigenvalue weighted by Gasteiger charge is 2.40. The molecule has 2 aromatic rings. The molecule has 2 heterocycles. The Balaban J connectivity index is 1.86. The van der Waals surface area contributed by atoms with Crippen molar-refractivity contribution in [2.24, 2.45) is 0 Å². The van der Waals surface area contributed by atoms with E-state index in [0.29, 0.717) is 5.56 Å². The predicted molar refractivity (Wildman–Crippen MR) is 75.3 cm³/mol. The smallest absolute Gasteiger partial charge is 0.325 e. The summed E-state index contributed by atoms with van der Waals surface area (Å²) in [6.07, 6.45) is -0.186. The molecule has 1 atom stereocenters.